The lowest BCUT2D eigenvalue weighted by Crippen LogP contribution is -2.66. The molecule has 5 spiro atoms. The molecule has 32 fully saturated rings. The van der Waals surface area contributed by atoms with Gasteiger partial charge in [0.2, 0.25) is 12.6 Å². The van der Waals surface area contributed by atoms with Crippen LogP contribution in [0.5, 0.6) is 0 Å². The zero-order valence-corrected chi connectivity index (χ0v) is 84.7. The Morgan fingerprint density at radius 1 is 0.317 bits per heavy atom. The van der Waals surface area contributed by atoms with Crippen molar-refractivity contribution in [1.29, 1.82) is 0 Å². The van der Waals surface area contributed by atoms with E-state index >= 15 is 0 Å². The molecule has 30 atom stereocenters. The van der Waals surface area contributed by atoms with E-state index in [0.29, 0.717) is 149 Å². The summed E-state index contributed by atoms with van der Waals surface area (Å²) in [6.07, 6.45) is 6.31. The maximum Gasteiger partial charge on any atom is 0.377 e. The molecule has 0 aromatic heterocycles. The number of rotatable bonds is 18. The maximum atomic E-state index is 13.5. The van der Waals surface area contributed by atoms with Gasteiger partial charge in [-0.15, -0.1) is 35.3 Å². The molecule has 30 unspecified atom stereocenters. The molecule has 34 nitrogen and oxygen atoms in total. The highest BCUT2D eigenvalue weighted by Crippen LogP contribution is 2.78. The van der Waals surface area contributed by atoms with Crippen molar-refractivity contribution in [3.63, 3.8) is 0 Å². The van der Waals surface area contributed by atoms with Crippen molar-refractivity contribution in [2.24, 2.45) is 88.8 Å². The van der Waals surface area contributed by atoms with Crippen molar-refractivity contribution in [2.45, 2.75) is 412 Å². The molecule has 48 heteroatoms. The third-order valence-electron chi connectivity index (χ3n) is 36.6. The van der Waals surface area contributed by atoms with E-state index in [9.17, 15) is 91.8 Å². The highest BCUT2D eigenvalue weighted by molar-refractivity contribution is 8.22. The number of esters is 10. The lowest BCUT2D eigenvalue weighted by molar-refractivity contribution is -0.343. The minimum absolute atomic E-state index is 0.0384. The van der Waals surface area contributed by atoms with E-state index < -0.39 is 209 Å². The van der Waals surface area contributed by atoms with E-state index in [2.05, 4.69) is 0 Å². The number of carbonyl (C=O) groups excluding carboxylic acids is 10. The van der Waals surface area contributed by atoms with Gasteiger partial charge in [0.1, 0.15) is 51.8 Å². The molecule has 20 bridgehead atoms. The molecule has 145 heavy (non-hydrogen) atoms. The molecule has 806 valence electrons. The van der Waals surface area contributed by atoms with Gasteiger partial charge in [-0.25, -0.2) is 47.9 Å². The first kappa shape index (κ1) is 103. The zero-order chi connectivity index (χ0) is 103. The van der Waals surface area contributed by atoms with E-state index in [4.69, 9.17) is 114 Å². The van der Waals surface area contributed by atoms with E-state index in [-0.39, 0.29) is 131 Å². The number of halogens is 10. The molecule has 0 amide bonds. The first-order valence-corrected chi connectivity index (χ1v) is 54.2. The summed E-state index contributed by atoms with van der Waals surface area (Å²) in [6.45, 7) is 6.82. The minimum Gasteiger partial charge on any atom is -0.456 e. The second-order valence-corrected chi connectivity index (χ2v) is 52.7. The third-order valence-corrected chi connectivity index (χ3v) is 45.1. The van der Waals surface area contributed by atoms with Crippen molar-refractivity contribution in [3.05, 3.63) is 0 Å². The van der Waals surface area contributed by atoms with Gasteiger partial charge in [0.25, 0.3) is 0 Å². The summed E-state index contributed by atoms with van der Waals surface area (Å²) in [5.74, 6) is -27.9. The fourth-order valence-corrected chi connectivity index (χ4v) is 41.1. The number of hydrogen-bond donors (Lipinski definition) is 0. The Bertz CT molecular complexity index is 4860. The molecule has 32 aliphatic rings. The van der Waals surface area contributed by atoms with Crippen LogP contribution in [0.3, 0.4) is 0 Å². The van der Waals surface area contributed by atoms with Crippen LogP contribution in [-0.4, -0.2) is 298 Å². The van der Waals surface area contributed by atoms with Crippen LogP contribution in [0.2, 0.25) is 0 Å². The molecule has 0 aromatic carbocycles. The average Bonchev–Trinajstić information content (AvgIpc) is 1.58. The second kappa shape index (κ2) is 35.2. The van der Waals surface area contributed by atoms with Crippen LogP contribution in [0.1, 0.15) is 209 Å². The summed E-state index contributed by atoms with van der Waals surface area (Å²) in [7, 11) is 5.86. The Kier molecular flexibility index (Phi) is 25.0. The maximum absolute atomic E-state index is 13.5. The van der Waals surface area contributed by atoms with E-state index in [1.165, 1.54) is 28.4 Å². The van der Waals surface area contributed by atoms with Crippen molar-refractivity contribution in [1.82, 2.24) is 0 Å². The Hall–Kier alpha value is -5.16. The van der Waals surface area contributed by atoms with Crippen LogP contribution in [0.25, 0.3) is 0 Å². The van der Waals surface area contributed by atoms with Gasteiger partial charge < -0.3 is 114 Å². The molecule has 12 saturated heterocycles. The highest BCUT2D eigenvalue weighted by Gasteiger charge is 2.80. The number of carbonyl (C=O) groups is 10. The molecule has 0 N–H and O–H groups in total. The minimum atomic E-state index is -3.53. The van der Waals surface area contributed by atoms with Crippen LogP contribution < -0.4 is 0 Å². The van der Waals surface area contributed by atoms with Gasteiger partial charge in [0.05, 0.1) is 18.7 Å². The molecule has 12 heterocycles. The number of fused-ring (bicyclic) bond motifs is 9. The third kappa shape index (κ3) is 16.8. The molecular formula is C97H120F10O34S4. The van der Waals surface area contributed by atoms with E-state index in [1.807, 2.05) is 30.4 Å². The van der Waals surface area contributed by atoms with Gasteiger partial charge in [-0.2, -0.15) is 43.9 Å². The van der Waals surface area contributed by atoms with E-state index in [1.54, 1.807) is 30.4 Å². The monoisotopic (exact) mass is 2150 g/mol. The molecule has 20 saturated carbocycles. The fraction of sp³-hybridized carbons (Fsp3) is 0.897. The van der Waals surface area contributed by atoms with Crippen molar-refractivity contribution < 1.29 is 206 Å². The van der Waals surface area contributed by atoms with Crippen LogP contribution in [0.4, 0.5) is 43.9 Å². The normalized spacial score (nSPS) is 50.6. The lowest BCUT2D eigenvalue weighted by atomic mass is 9.51. The predicted molar refractivity (Wildman–Crippen MR) is 470 cm³/mol. The Balaban J connectivity index is 0.000000100. The summed E-state index contributed by atoms with van der Waals surface area (Å²) in [5.41, 5.74) is -4.52. The Morgan fingerprint density at radius 3 is 0.952 bits per heavy atom. The summed E-state index contributed by atoms with van der Waals surface area (Å²) in [4.78, 5) is 120. The molecule has 12 aliphatic heterocycles. The summed E-state index contributed by atoms with van der Waals surface area (Å²) < 4.78 is 271. The van der Waals surface area contributed by atoms with Gasteiger partial charge in [-0.3, -0.25) is 0 Å². The second-order valence-electron chi connectivity index (χ2n) is 46.5. The zero-order valence-electron chi connectivity index (χ0n) is 81.4. The van der Waals surface area contributed by atoms with Crippen LogP contribution in [0, 0.1) is 88.8 Å². The number of ether oxygens (including phenoxy) is 24. The SMILES string of the molecule is CCOC(C)OC1C(=O)OC2OC3(OC21)C1CC2CC3CC(OC(=O)C(C)(F)F)(C2)C1.COC1C(=O)OC2C1OC1SC3(SC12)C1CC2CC3CC(OC(=O)C(C)(F)F)(C2)C1.COC1C(=O)OC2C3OC4(OC3OC12)C1CC2CC4CC(OC(=O)C(C)(F)F)(C2)C1.COC1C(=O)OC2OC3(OC21)C1CC2CC3CC(OC(=O)C(C)(F)F)(C2)C1.COC1C(=O)OC2SC3(SC21)C1CC2CC3CC(OC(=O)C(C)(F)F)(C2)C1. The van der Waals surface area contributed by atoms with Crippen LogP contribution in [0.15, 0.2) is 0 Å². The van der Waals surface area contributed by atoms with Crippen LogP contribution >= 0.6 is 47.0 Å². The van der Waals surface area contributed by atoms with Crippen LogP contribution in [-0.2, 0) is 162 Å². The standard InChI is InChI=1S/C21H28F2O8.C20H24F2O8.C20H24F2O6S2.C18H22F2O7.C18H22F2O5S2/c1-4-26-10(2)27-14-15-17(28-16(14)24)30-21(29-15)12-5-11-6-13(21)9-20(7-11,8-12)31-18(25)19(3,22)23;1-18(21,22)17(24)30-19-5-8-3-9(6-19)20(10(4-8)7-19)28-14-12-11(27-16(14)29-20)13(25-2)15(23)26-12;1-18(21,22)17(24)28-19-5-8-3-9(6-19)20(10(4-8)7-19)29-14-12-11(27-16(14)30-20)13(25-2)15(23)26-12;1-16(19,20)15(22)27-17-5-8-3-9(6-17)18(10(4-8)7-17)25-12-11(23-2)13(21)24-14(12)26-18;1-16(19,20)15(22)25-17-5-8-3-9(6-17)18(10(4-8)7-17)26-12-11(23-2)13(21)24-14(12)27-18/h10-15,17H,4-9H2,1-3H3;2*8-14,16H,3-7H2,1-2H3;2*8-12,14H,3-7H2,1-2H3. The summed E-state index contributed by atoms with van der Waals surface area (Å²) >= 11 is 7.17. The van der Waals surface area contributed by atoms with Crippen molar-refractivity contribution in [3.8, 4) is 0 Å². The van der Waals surface area contributed by atoms with Crippen molar-refractivity contribution >= 4 is 107 Å². The Morgan fingerprint density at radius 2 is 0.600 bits per heavy atom. The number of hydrogen-bond acceptors (Lipinski definition) is 38. The number of methoxy groups -OCH3 is 4. The van der Waals surface area contributed by atoms with Gasteiger partial charge in [-0.05, 0) is 228 Å². The highest BCUT2D eigenvalue weighted by atomic mass is 32.2. The van der Waals surface area contributed by atoms with Gasteiger partial charge in [0.15, 0.2) is 90.3 Å². The predicted octanol–water partition coefficient (Wildman–Crippen LogP) is 12.0. The molecule has 0 aromatic rings. The van der Waals surface area contributed by atoms with Gasteiger partial charge >= 0.3 is 89.3 Å². The summed E-state index contributed by atoms with van der Waals surface area (Å²) in [5, 5.41) is 0.00334. The summed E-state index contributed by atoms with van der Waals surface area (Å²) in [6, 6.07) is 0. The quantitative estimate of drug-likeness (QED) is 0.0532. The largest absolute Gasteiger partial charge is 0.456 e. The average molecular weight is 2150 g/mol. The first-order chi connectivity index (χ1) is 68.1. The van der Waals surface area contributed by atoms with Gasteiger partial charge in [0, 0.05) is 105 Å². The number of alkyl halides is 10. The van der Waals surface area contributed by atoms with Gasteiger partial charge in [-0.1, -0.05) is 11.8 Å². The van der Waals surface area contributed by atoms with Crippen molar-refractivity contribution in [2.75, 3.05) is 35.0 Å². The Labute approximate surface area is 843 Å². The molecular weight excluding hydrogens is 2030 g/mol. The molecule has 32 rings (SSSR count). The topological polar surface area (TPSA) is 392 Å². The molecule has 20 aliphatic carbocycles. The van der Waals surface area contributed by atoms with E-state index in [0.717, 1.165) is 64.2 Å². The fourth-order valence-electron chi connectivity index (χ4n) is 32.3. The lowest BCUT2D eigenvalue weighted by Gasteiger charge is -2.63. The molecule has 0 radical (unpaired) electrons. The first-order valence-electron chi connectivity index (χ1n) is 50.7. The number of thioether (sulfide) groups is 4. The smallest absolute Gasteiger partial charge is 0.377 e.